The first-order valence-corrected chi connectivity index (χ1v) is 12.7. The van der Waals surface area contributed by atoms with Gasteiger partial charge < -0.3 is 14.6 Å². The summed E-state index contributed by atoms with van der Waals surface area (Å²) in [6, 6.07) is 18.7. The van der Waals surface area contributed by atoms with E-state index in [1.165, 1.54) is 12.0 Å². The Labute approximate surface area is 228 Å². The second-order valence-corrected chi connectivity index (χ2v) is 10.7. The van der Waals surface area contributed by atoms with Crippen molar-refractivity contribution in [1.29, 1.82) is 0 Å². The first-order valence-electron chi connectivity index (χ1n) is 12.7. The summed E-state index contributed by atoms with van der Waals surface area (Å²) in [5.74, 6) is -1.48. The lowest BCUT2D eigenvalue weighted by Crippen LogP contribution is -2.29. The Morgan fingerprint density at radius 2 is 1.67 bits per heavy atom. The van der Waals surface area contributed by atoms with Crippen LogP contribution in [0.5, 0.6) is 5.75 Å². The van der Waals surface area contributed by atoms with Crippen LogP contribution in [-0.2, 0) is 31.0 Å². The predicted molar refractivity (Wildman–Crippen MR) is 150 cm³/mol. The smallest absolute Gasteiger partial charge is 0.309 e. The molecule has 3 aromatic carbocycles. The van der Waals surface area contributed by atoms with Crippen LogP contribution in [0.15, 0.2) is 72.3 Å². The fraction of sp³-hybridized carbons (Fsp3) is 0.281. The number of ketones is 1. The van der Waals surface area contributed by atoms with Gasteiger partial charge >= 0.3 is 5.97 Å². The number of carbonyl (C=O) groups is 3. The summed E-state index contributed by atoms with van der Waals surface area (Å²) >= 11 is 0. The molecule has 7 heteroatoms. The van der Waals surface area contributed by atoms with Crippen LogP contribution in [0.3, 0.4) is 0 Å². The molecule has 1 fully saturated rings. The fourth-order valence-corrected chi connectivity index (χ4v) is 4.86. The maximum atomic E-state index is 13.5. The number of ether oxygens (including phenoxy) is 2. The average molecular weight is 528 g/mol. The third-order valence-electron chi connectivity index (χ3n) is 6.87. The third-order valence-corrected chi connectivity index (χ3v) is 6.87. The Balaban J connectivity index is 1.89. The first-order chi connectivity index (χ1) is 18.5. The quantitative estimate of drug-likeness (QED) is 0.193. The Morgan fingerprint density at radius 1 is 0.974 bits per heavy atom. The molecule has 1 atom stereocenters. The summed E-state index contributed by atoms with van der Waals surface area (Å²) in [4.78, 5) is 40.1. The molecular weight excluding hydrogens is 494 g/mol. The van der Waals surface area contributed by atoms with Gasteiger partial charge in [-0.2, -0.15) is 0 Å². The summed E-state index contributed by atoms with van der Waals surface area (Å²) < 4.78 is 10.3. The Kier molecular flexibility index (Phi) is 7.63. The Morgan fingerprint density at radius 3 is 2.26 bits per heavy atom. The average Bonchev–Trinajstić information content (AvgIpc) is 3.17. The lowest BCUT2D eigenvalue weighted by atomic mass is 9.84. The number of aliphatic hydroxyl groups is 1. The lowest BCUT2D eigenvalue weighted by Gasteiger charge is -2.26. The SMILES string of the molecule is COC(=O)Cc1ccc(N2C(=O)C(=O)/C(=C(\O)c3ccc(OC)c(C(C)(C)C)c3)C2c2cccc(C)c2)cc1. The van der Waals surface area contributed by atoms with Gasteiger partial charge in [-0.15, -0.1) is 0 Å². The Hall–Kier alpha value is -4.39. The van der Waals surface area contributed by atoms with E-state index >= 15 is 0 Å². The number of aryl methyl sites for hydroxylation is 1. The number of rotatable bonds is 6. The van der Waals surface area contributed by atoms with Crippen molar-refractivity contribution in [2.24, 2.45) is 0 Å². The number of amides is 1. The van der Waals surface area contributed by atoms with Crippen LogP contribution < -0.4 is 9.64 Å². The van der Waals surface area contributed by atoms with Gasteiger partial charge in [0.25, 0.3) is 11.7 Å². The monoisotopic (exact) mass is 527 g/mol. The number of methoxy groups -OCH3 is 2. The van der Waals surface area contributed by atoms with Gasteiger partial charge in [-0.1, -0.05) is 62.7 Å². The van der Waals surface area contributed by atoms with Crippen LogP contribution in [0.2, 0.25) is 0 Å². The minimum Gasteiger partial charge on any atom is -0.507 e. The summed E-state index contributed by atoms with van der Waals surface area (Å²) in [5, 5.41) is 11.6. The van der Waals surface area contributed by atoms with Crippen LogP contribution in [0.25, 0.3) is 5.76 Å². The molecule has 0 bridgehead atoms. The van der Waals surface area contributed by atoms with E-state index in [-0.39, 0.29) is 29.1 Å². The van der Waals surface area contributed by atoms with E-state index in [9.17, 15) is 19.5 Å². The zero-order chi connectivity index (χ0) is 28.5. The molecule has 0 saturated carbocycles. The molecule has 0 spiro atoms. The highest BCUT2D eigenvalue weighted by Gasteiger charge is 2.47. The third kappa shape index (κ3) is 5.43. The van der Waals surface area contributed by atoms with E-state index < -0.39 is 17.7 Å². The number of benzene rings is 3. The van der Waals surface area contributed by atoms with Crippen LogP contribution >= 0.6 is 0 Å². The first kappa shape index (κ1) is 27.6. The van der Waals surface area contributed by atoms with Gasteiger partial charge in [0.05, 0.1) is 32.3 Å². The minimum absolute atomic E-state index is 0.00858. The summed E-state index contributed by atoms with van der Waals surface area (Å²) in [5.41, 5.74) is 3.82. The lowest BCUT2D eigenvalue weighted by molar-refractivity contribution is -0.139. The van der Waals surface area contributed by atoms with E-state index in [2.05, 4.69) is 0 Å². The van der Waals surface area contributed by atoms with Crippen molar-refractivity contribution < 1.29 is 29.0 Å². The van der Waals surface area contributed by atoms with Crippen molar-refractivity contribution in [2.75, 3.05) is 19.1 Å². The van der Waals surface area contributed by atoms with Crippen LogP contribution in [0.4, 0.5) is 5.69 Å². The summed E-state index contributed by atoms with van der Waals surface area (Å²) in [6.07, 6.45) is 0.0878. The van der Waals surface area contributed by atoms with E-state index in [0.717, 1.165) is 11.1 Å². The number of carbonyl (C=O) groups excluding carboxylic acids is 3. The largest absolute Gasteiger partial charge is 0.507 e. The maximum Gasteiger partial charge on any atom is 0.309 e. The highest BCUT2D eigenvalue weighted by Crippen LogP contribution is 2.43. The van der Waals surface area contributed by atoms with Gasteiger partial charge in [0.2, 0.25) is 0 Å². The van der Waals surface area contributed by atoms with Crippen molar-refractivity contribution in [3.8, 4) is 5.75 Å². The number of hydrogen-bond acceptors (Lipinski definition) is 6. The second kappa shape index (κ2) is 10.8. The molecule has 7 nitrogen and oxygen atoms in total. The van der Waals surface area contributed by atoms with E-state index in [0.29, 0.717) is 28.1 Å². The van der Waals surface area contributed by atoms with Gasteiger partial charge in [0.1, 0.15) is 11.5 Å². The molecular formula is C32H33NO6. The molecule has 1 N–H and O–H groups in total. The zero-order valence-electron chi connectivity index (χ0n) is 23.1. The molecule has 1 heterocycles. The van der Waals surface area contributed by atoms with Crippen LogP contribution in [0, 0.1) is 6.92 Å². The van der Waals surface area contributed by atoms with E-state index in [4.69, 9.17) is 9.47 Å². The molecule has 39 heavy (non-hydrogen) atoms. The predicted octanol–water partition coefficient (Wildman–Crippen LogP) is 5.64. The standard InChI is InChI=1S/C32H33NO6/c1-19-8-7-9-21(16-19)28-27(29(35)22-12-15-25(38-5)24(18-22)32(2,3)4)30(36)31(37)33(28)23-13-10-20(11-14-23)17-26(34)39-6/h7-16,18,28,35H,17H2,1-6H3/b29-27-. The fourth-order valence-electron chi connectivity index (χ4n) is 4.86. The van der Waals surface area contributed by atoms with Gasteiger partial charge in [-0.25, -0.2) is 0 Å². The molecule has 0 aliphatic carbocycles. The molecule has 1 aliphatic heterocycles. The number of hydrogen-bond donors (Lipinski definition) is 1. The molecule has 202 valence electrons. The van der Waals surface area contributed by atoms with Gasteiger partial charge in [0.15, 0.2) is 0 Å². The van der Waals surface area contributed by atoms with Gasteiger partial charge in [-0.05, 0) is 53.8 Å². The highest BCUT2D eigenvalue weighted by atomic mass is 16.5. The van der Waals surface area contributed by atoms with Crippen molar-refractivity contribution in [2.45, 2.75) is 45.6 Å². The summed E-state index contributed by atoms with van der Waals surface area (Å²) in [7, 11) is 2.91. The van der Waals surface area contributed by atoms with E-state index in [1.807, 2.05) is 52.0 Å². The maximum absolute atomic E-state index is 13.5. The van der Waals surface area contributed by atoms with Crippen molar-refractivity contribution in [3.05, 3.63) is 100 Å². The molecule has 4 rings (SSSR count). The normalized spacial score (nSPS) is 16.9. The number of aliphatic hydroxyl groups excluding tert-OH is 1. The number of Topliss-reactive ketones (excluding diaryl/α,β-unsaturated/α-hetero) is 1. The number of nitrogens with zero attached hydrogens (tertiary/aromatic N) is 1. The molecule has 1 saturated heterocycles. The summed E-state index contributed by atoms with van der Waals surface area (Å²) in [6.45, 7) is 8.02. The minimum atomic E-state index is -0.850. The number of anilines is 1. The molecule has 3 aromatic rings. The molecule has 1 unspecified atom stereocenters. The number of esters is 1. The Bertz CT molecular complexity index is 1460. The topological polar surface area (TPSA) is 93.1 Å². The van der Waals surface area contributed by atoms with Gasteiger partial charge in [-0.3, -0.25) is 19.3 Å². The molecule has 1 amide bonds. The van der Waals surface area contributed by atoms with Crippen LogP contribution in [0.1, 0.15) is 54.6 Å². The van der Waals surface area contributed by atoms with Crippen molar-refractivity contribution in [1.82, 2.24) is 0 Å². The highest BCUT2D eigenvalue weighted by molar-refractivity contribution is 6.51. The molecule has 0 aromatic heterocycles. The van der Waals surface area contributed by atoms with Gasteiger partial charge in [0, 0.05) is 16.8 Å². The molecule has 1 aliphatic rings. The van der Waals surface area contributed by atoms with Crippen molar-refractivity contribution >= 4 is 29.1 Å². The second-order valence-electron chi connectivity index (χ2n) is 10.7. The zero-order valence-corrected chi connectivity index (χ0v) is 23.1. The van der Waals surface area contributed by atoms with Crippen molar-refractivity contribution in [3.63, 3.8) is 0 Å². The van der Waals surface area contributed by atoms with E-state index in [1.54, 1.807) is 49.6 Å². The van der Waals surface area contributed by atoms with Crippen LogP contribution in [-0.4, -0.2) is 37.0 Å². The molecule has 0 radical (unpaired) electrons.